The number of hydrogen-bond acceptors (Lipinski definition) is 6. The molecule has 0 unspecified atom stereocenters. The van der Waals surface area contributed by atoms with Gasteiger partial charge in [-0.2, -0.15) is 0 Å². The number of phenolic OH excluding ortho intramolecular Hbond substituents is 1. The molecule has 0 aliphatic rings. The number of carbonyl (C=O) groups excluding carboxylic acids is 3. The topological polar surface area (TPSA) is 108 Å². The fraction of sp³-hybridized carbons (Fsp3) is 0.325. The number of unbranched alkanes of at least 4 members (excludes halogenated alkanes) is 4. The highest BCUT2D eigenvalue weighted by Crippen LogP contribution is 2.35. The maximum Gasteiger partial charge on any atom is 0.254 e. The van der Waals surface area contributed by atoms with Crippen LogP contribution < -0.4 is 15.4 Å². The Hall–Kier alpha value is -4.60. The second kappa shape index (κ2) is 20.2. The summed E-state index contributed by atoms with van der Waals surface area (Å²) in [5, 5.41) is 17.7. The fourth-order valence-corrected chi connectivity index (χ4v) is 6.48. The number of allylic oxidation sites excluding steroid dienone is 1. The molecule has 0 spiro atoms. The number of halogens is 1. The molecule has 3 amide bonds. The van der Waals surface area contributed by atoms with Crippen LogP contribution in [-0.2, 0) is 9.59 Å². The molecule has 0 bridgehead atoms. The molecule has 0 saturated heterocycles. The molecule has 0 aliphatic heterocycles. The first kappa shape index (κ1) is 38.2. The molecule has 0 aliphatic carbocycles. The van der Waals surface area contributed by atoms with Crippen molar-refractivity contribution >= 4 is 56.8 Å². The zero-order valence-corrected chi connectivity index (χ0v) is 30.3. The summed E-state index contributed by atoms with van der Waals surface area (Å²) >= 11 is 6.83. The van der Waals surface area contributed by atoms with E-state index in [2.05, 4.69) is 41.8 Å². The Balaban J connectivity index is 1.16. The number of nitrogens with one attached hydrogen (secondary N) is 2. The predicted molar refractivity (Wildman–Crippen MR) is 204 cm³/mol. The van der Waals surface area contributed by atoms with Gasteiger partial charge in [-0.25, -0.2) is 0 Å². The van der Waals surface area contributed by atoms with Gasteiger partial charge < -0.3 is 25.4 Å². The van der Waals surface area contributed by atoms with Crippen LogP contribution in [-0.4, -0.2) is 60.4 Å². The number of thiophene rings is 1. The van der Waals surface area contributed by atoms with Crippen molar-refractivity contribution in [2.45, 2.75) is 51.9 Å². The molecule has 0 atom stereocenters. The van der Waals surface area contributed by atoms with E-state index in [-0.39, 0.29) is 29.4 Å². The molecule has 3 N–H and O–H groups in total. The highest BCUT2D eigenvalue weighted by atomic mass is 35.5. The maximum atomic E-state index is 12.7. The number of hydrogen-bond donors (Lipinski definition) is 3. The van der Waals surface area contributed by atoms with Gasteiger partial charge in [0, 0.05) is 20.0 Å². The zero-order valence-electron chi connectivity index (χ0n) is 28.8. The summed E-state index contributed by atoms with van der Waals surface area (Å²) in [4.78, 5) is 38.4. The van der Waals surface area contributed by atoms with Crippen LogP contribution in [0.3, 0.4) is 0 Å². The Morgan fingerprint density at radius 3 is 2.18 bits per heavy atom. The average molecular weight is 716 g/mol. The number of nitrogens with zero attached hydrogens (tertiary/aromatic N) is 1. The van der Waals surface area contributed by atoms with Crippen molar-refractivity contribution in [1.82, 2.24) is 10.2 Å². The molecule has 264 valence electrons. The van der Waals surface area contributed by atoms with Crippen LogP contribution in [0.25, 0.3) is 11.1 Å². The van der Waals surface area contributed by atoms with Gasteiger partial charge in [0.1, 0.15) is 29.0 Å². The van der Waals surface area contributed by atoms with E-state index in [9.17, 15) is 19.5 Å². The largest absolute Gasteiger partial charge is 0.508 e. The Bertz CT molecular complexity index is 1710. The third-order valence-electron chi connectivity index (χ3n) is 8.33. The zero-order chi connectivity index (χ0) is 35.7. The second-order valence-electron chi connectivity index (χ2n) is 11.9. The standard InChI is InChI=1S/C40H46ClN3O5S/c1-3-34(29-12-8-7-9-13-29)38(30-15-19-32(45)20-16-30)31-17-21-33(22-18-31)49-26-25-44(2)37(47)14-10-5-4-6-11-24-42-39(48)35-23-27-50-40(35)43-36(46)28-41/h7-9,12-13,15-23,27,45H,3-6,10-11,14,24-26,28H2,1-2H3,(H,42,48)(H,43,46)/b38-34-. The van der Waals surface area contributed by atoms with Crippen molar-refractivity contribution < 1.29 is 24.2 Å². The van der Waals surface area contributed by atoms with Gasteiger partial charge in [-0.1, -0.05) is 80.8 Å². The van der Waals surface area contributed by atoms with Gasteiger partial charge >= 0.3 is 0 Å². The molecular weight excluding hydrogens is 670 g/mol. The Morgan fingerprint density at radius 1 is 0.840 bits per heavy atom. The molecule has 1 aromatic heterocycles. The van der Waals surface area contributed by atoms with E-state index in [1.54, 1.807) is 28.5 Å². The van der Waals surface area contributed by atoms with Crippen LogP contribution in [0.4, 0.5) is 5.00 Å². The van der Waals surface area contributed by atoms with Gasteiger partial charge in [0.05, 0.1) is 12.1 Å². The first-order chi connectivity index (χ1) is 24.3. The van der Waals surface area contributed by atoms with E-state index in [0.29, 0.717) is 36.7 Å². The number of rotatable bonds is 19. The highest BCUT2D eigenvalue weighted by Gasteiger charge is 2.16. The average Bonchev–Trinajstić information content (AvgIpc) is 3.60. The monoisotopic (exact) mass is 715 g/mol. The van der Waals surface area contributed by atoms with Gasteiger partial charge in [-0.05, 0) is 82.8 Å². The maximum absolute atomic E-state index is 12.7. The summed E-state index contributed by atoms with van der Waals surface area (Å²) < 4.78 is 6.01. The summed E-state index contributed by atoms with van der Waals surface area (Å²) in [6.07, 6.45) is 5.87. The van der Waals surface area contributed by atoms with Crippen molar-refractivity contribution in [3.05, 3.63) is 113 Å². The SMILES string of the molecule is CC/C(=C(\c1ccc(O)cc1)c1ccc(OCCN(C)C(=O)CCCCCCCNC(=O)c2ccsc2NC(=O)CCl)cc1)c1ccccc1. The molecule has 8 nitrogen and oxygen atoms in total. The van der Waals surface area contributed by atoms with E-state index in [0.717, 1.165) is 66.5 Å². The number of aromatic hydroxyl groups is 1. The quantitative estimate of drug-likeness (QED) is 0.0512. The molecule has 3 aromatic carbocycles. The van der Waals surface area contributed by atoms with Gasteiger partial charge in [0.2, 0.25) is 11.8 Å². The minimum atomic E-state index is -0.344. The third-order valence-corrected chi connectivity index (χ3v) is 9.41. The van der Waals surface area contributed by atoms with Gasteiger partial charge in [-0.15, -0.1) is 22.9 Å². The van der Waals surface area contributed by atoms with E-state index in [4.69, 9.17) is 16.3 Å². The summed E-state index contributed by atoms with van der Waals surface area (Å²) in [6.45, 7) is 3.59. The van der Waals surface area contributed by atoms with Crippen LogP contribution in [0.1, 0.15) is 78.9 Å². The van der Waals surface area contributed by atoms with Gasteiger partial charge in [0.15, 0.2) is 0 Å². The molecule has 0 radical (unpaired) electrons. The molecule has 4 rings (SSSR count). The first-order valence-electron chi connectivity index (χ1n) is 17.1. The van der Waals surface area contributed by atoms with Crippen molar-refractivity contribution in [2.24, 2.45) is 0 Å². The van der Waals surface area contributed by atoms with Gasteiger partial charge in [0.25, 0.3) is 5.91 Å². The van der Waals surface area contributed by atoms with Crippen molar-refractivity contribution in [1.29, 1.82) is 0 Å². The van der Waals surface area contributed by atoms with Crippen molar-refractivity contribution in [2.75, 3.05) is 37.9 Å². The number of alkyl halides is 1. The Kier molecular flexibility index (Phi) is 15.4. The lowest BCUT2D eigenvalue weighted by Gasteiger charge is -2.18. The number of amides is 3. The van der Waals surface area contributed by atoms with Gasteiger partial charge in [-0.3, -0.25) is 14.4 Å². The Labute approximate surface area is 304 Å². The number of ether oxygens (including phenoxy) is 1. The normalized spacial score (nSPS) is 11.4. The molecule has 0 fully saturated rings. The minimum absolute atomic E-state index is 0.0979. The number of likely N-dealkylation sites (N-methyl/N-ethyl adjacent to an activating group) is 1. The summed E-state index contributed by atoms with van der Waals surface area (Å²) in [5.74, 6) is 0.347. The number of carbonyl (C=O) groups is 3. The number of anilines is 1. The summed E-state index contributed by atoms with van der Waals surface area (Å²) in [5.41, 5.74) is 6.02. The van der Waals surface area contributed by atoms with E-state index >= 15 is 0 Å². The number of phenols is 1. The smallest absolute Gasteiger partial charge is 0.254 e. The lowest BCUT2D eigenvalue weighted by atomic mass is 9.88. The summed E-state index contributed by atoms with van der Waals surface area (Å²) in [6, 6.07) is 27.4. The molecule has 50 heavy (non-hydrogen) atoms. The predicted octanol–water partition coefficient (Wildman–Crippen LogP) is 8.61. The highest BCUT2D eigenvalue weighted by molar-refractivity contribution is 7.14. The van der Waals surface area contributed by atoms with Crippen LogP contribution in [0.5, 0.6) is 11.5 Å². The number of benzene rings is 3. The van der Waals surface area contributed by atoms with Crippen LogP contribution in [0.15, 0.2) is 90.3 Å². The lowest BCUT2D eigenvalue weighted by molar-refractivity contribution is -0.130. The Morgan fingerprint density at radius 2 is 1.50 bits per heavy atom. The summed E-state index contributed by atoms with van der Waals surface area (Å²) in [7, 11) is 1.81. The van der Waals surface area contributed by atoms with Crippen LogP contribution in [0.2, 0.25) is 0 Å². The molecule has 10 heteroatoms. The van der Waals surface area contributed by atoms with E-state index in [1.165, 1.54) is 16.9 Å². The van der Waals surface area contributed by atoms with Crippen LogP contribution in [0, 0.1) is 0 Å². The van der Waals surface area contributed by atoms with E-state index in [1.807, 2.05) is 49.5 Å². The van der Waals surface area contributed by atoms with E-state index < -0.39 is 0 Å². The second-order valence-corrected chi connectivity index (χ2v) is 13.1. The first-order valence-corrected chi connectivity index (χ1v) is 18.5. The third kappa shape index (κ3) is 11.5. The fourth-order valence-electron chi connectivity index (χ4n) is 5.62. The molecule has 0 saturated carbocycles. The molecule has 4 aromatic rings. The van der Waals surface area contributed by atoms with Crippen molar-refractivity contribution in [3.8, 4) is 11.5 Å². The lowest BCUT2D eigenvalue weighted by Crippen LogP contribution is -2.30. The molecular formula is C40H46ClN3O5S. The van der Waals surface area contributed by atoms with Crippen molar-refractivity contribution in [3.63, 3.8) is 0 Å². The molecule has 1 heterocycles. The van der Waals surface area contributed by atoms with Crippen LogP contribution >= 0.6 is 22.9 Å². The minimum Gasteiger partial charge on any atom is -0.508 e.